The molecule has 5 atom stereocenters. The van der Waals surface area contributed by atoms with Gasteiger partial charge in [-0.1, -0.05) is 138 Å². The molecule has 2 N–H and O–H groups in total. The summed E-state index contributed by atoms with van der Waals surface area (Å²) in [6.07, 6.45) is 9.80. The van der Waals surface area contributed by atoms with E-state index in [9.17, 15) is 23.1 Å². The van der Waals surface area contributed by atoms with E-state index in [0.717, 1.165) is 30.4 Å². The molecule has 1 saturated carbocycles. The number of carbonyl (C=O) groups is 2. The van der Waals surface area contributed by atoms with E-state index in [1.165, 1.54) is 23.3 Å². The maximum absolute atomic E-state index is 12.6. The smallest absolute Gasteiger partial charge is 0.294 e. The first kappa shape index (κ1) is 42.2. The molecule has 0 aliphatic heterocycles. The van der Waals surface area contributed by atoms with Crippen molar-refractivity contribution in [1.29, 1.82) is 0 Å². The summed E-state index contributed by atoms with van der Waals surface area (Å²) in [5, 5.41) is 11.3. The maximum Gasteiger partial charge on any atom is 0.294 e. The highest BCUT2D eigenvalue weighted by Crippen LogP contribution is 2.59. The topological polar surface area (TPSA) is 117 Å². The second-order valence-electron chi connectivity index (χ2n) is 17.4. The summed E-state index contributed by atoms with van der Waals surface area (Å²) < 4.78 is 29.6. The van der Waals surface area contributed by atoms with Gasteiger partial charge in [0.15, 0.2) is 11.6 Å². The molecule has 0 unspecified atom stereocenters. The molecule has 0 radical (unpaired) electrons. The summed E-state index contributed by atoms with van der Waals surface area (Å²) in [5.74, 6) is 0.351. The van der Waals surface area contributed by atoms with E-state index in [2.05, 4.69) is 53.9 Å². The number of allylic oxidation sites excluding steroid dienone is 6. The number of hydrogen-bond donors (Lipinski definition) is 2. The minimum atomic E-state index is -4.02. The van der Waals surface area contributed by atoms with Gasteiger partial charge in [0.05, 0.1) is 23.6 Å². The van der Waals surface area contributed by atoms with Crippen molar-refractivity contribution in [1.82, 2.24) is 0 Å². The zero-order valence-corrected chi connectivity index (χ0v) is 34.2. The third-order valence-corrected chi connectivity index (χ3v) is 13.5. The van der Waals surface area contributed by atoms with Crippen LogP contribution in [0.3, 0.4) is 0 Å². The Balaban J connectivity index is 0.000000171. The van der Waals surface area contributed by atoms with E-state index in [4.69, 9.17) is 17.7 Å². The second-order valence-corrected chi connectivity index (χ2v) is 18.8. The van der Waals surface area contributed by atoms with Gasteiger partial charge < -0.3 is 14.7 Å². The molecule has 8 nitrogen and oxygen atoms in total. The first-order valence-corrected chi connectivity index (χ1v) is 20.4. The molecule has 7 rings (SSSR count). The standard InChI is InChI=1S/C20H23NO2.C20H21NO.C7H8O3S/c1-18(2)16-10-11-20(23,14-8-6-5-7-9-14)13-19(16,3)12-15(21-4)17(18)22;1-19(2)17-11-10-15(14-8-6-5-7-9-14)12-20(17,3)13-16(21-4)18(19)22;1-6-2-4-7(5-3-6)11(8,9)10/h5-9,12,16,23H,10-11,13H2,1-3H3;5-10,13,17H,11-12H2,1-3H3;2-5H,1H3,(H,8,9,10)/t16-,19+,20-;17-,20-;/m00./s1. The molecule has 0 heterocycles. The van der Waals surface area contributed by atoms with Crippen LogP contribution in [0.1, 0.15) is 90.3 Å². The fourth-order valence-corrected chi connectivity index (χ4v) is 10.3. The van der Waals surface area contributed by atoms with Crippen molar-refractivity contribution >= 4 is 27.3 Å². The molecule has 0 spiro atoms. The molecular weight excluding hydrogens is 721 g/mol. The number of nitrogens with zero attached hydrogens (tertiary/aromatic N) is 2. The lowest BCUT2D eigenvalue weighted by Crippen LogP contribution is -2.52. The summed E-state index contributed by atoms with van der Waals surface area (Å²) in [5.41, 5.74) is 2.60. The van der Waals surface area contributed by atoms with Gasteiger partial charge in [-0.2, -0.15) is 8.42 Å². The van der Waals surface area contributed by atoms with E-state index >= 15 is 0 Å². The summed E-state index contributed by atoms with van der Waals surface area (Å²) in [6, 6.07) is 26.1. The molecule has 0 amide bonds. The summed E-state index contributed by atoms with van der Waals surface area (Å²) >= 11 is 0. The minimum absolute atomic E-state index is 0.00142. The van der Waals surface area contributed by atoms with Crippen LogP contribution < -0.4 is 0 Å². The first-order chi connectivity index (χ1) is 26.1. The number of benzene rings is 3. The predicted molar refractivity (Wildman–Crippen MR) is 219 cm³/mol. The number of hydrogen-bond acceptors (Lipinski definition) is 5. The predicted octanol–water partition coefficient (Wildman–Crippen LogP) is 10.2. The molecule has 3 aromatic rings. The van der Waals surface area contributed by atoms with Crippen LogP contribution in [-0.4, -0.2) is 29.6 Å². The van der Waals surface area contributed by atoms with Crippen LogP contribution in [0, 0.1) is 53.6 Å². The highest BCUT2D eigenvalue weighted by molar-refractivity contribution is 7.85. The average molecular weight is 773 g/mol. The van der Waals surface area contributed by atoms with Crippen molar-refractivity contribution in [3.05, 3.63) is 154 Å². The number of Topliss-reactive ketones (excluding diaryl/α,β-unsaturated/α-hetero) is 2. The van der Waals surface area contributed by atoms with Crippen molar-refractivity contribution in [3.8, 4) is 0 Å². The number of rotatable bonds is 3. The van der Waals surface area contributed by atoms with Crippen LogP contribution in [0.2, 0.25) is 0 Å². The second kappa shape index (κ2) is 15.5. The van der Waals surface area contributed by atoms with Crippen molar-refractivity contribution in [2.24, 2.45) is 33.5 Å². The Hall–Kier alpha value is -4.93. The molecule has 3 aromatic carbocycles. The van der Waals surface area contributed by atoms with Crippen molar-refractivity contribution in [2.45, 2.75) is 91.1 Å². The molecule has 56 heavy (non-hydrogen) atoms. The monoisotopic (exact) mass is 772 g/mol. The van der Waals surface area contributed by atoms with Crippen LogP contribution >= 0.6 is 0 Å². The Bertz CT molecular complexity index is 2280. The van der Waals surface area contributed by atoms with Gasteiger partial charge in [0.25, 0.3) is 10.1 Å². The maximum atomic E-state index is 12.6. The molecule has 1 fully saturated rings. The van der Waals surface area contributed by atoms with Gasteiger partial charge in [-0.25, -0.2) is 9.69 Å². The minimum Gasteiger partial charge on any atom is -0.385 e. The Morgan fingerprint density at radius 1 is 0.714 bits per heavy atom. The molecule has 4 aliphatic carbocycles. The van der Waals surface area contributed by atoms with Crippen molar-refractivity contribution in [2.75, 3.05) is 0 Å². The quantitative estimate of drug-likeness (QED) is 0.202. The zero-order chi connectivity index (χ0) is 41.3. The molecule has 9 heteroatoms. The molecule has 0 bridgehead atoms. The average Bonchev–Trinajstić information content (AvgIpc) is 3.15. The zero-order valence-electron chi connectivity index (χ0n) is 33.3. The molecule has 4 aliphatic rings. The van der Waals surface area contributed by atoms with Gasteiger partial charge in [-0.3, -0.25) is 4.55 Å². The number of carbonyl (C=O) groups excluding carboxylic acids is 2. The van der Waals surface area contributed by atoms with Crippen LogP contribution in [0.5, 0.6) is 0 Å². The lowest BCUT2D eigenvalue weighted by Gasteiger charge is -2.54. The van der Waals surface area contributed by atoms with Gasteiger partial charge in [0.2, 0.25) is 11.4 Å². The first-order valence-electron chi connectivity index (χ1n) is 19.0. The Morgan fingerprint density at radius 2 is 1.21 bits per heavy atom. The largest absolute Gasteiger partial charge is 0.385 e. The summed E-state index contributed by atoms with van der Waals surface area (Å²) in [6.45, 7) is 28.7. The van der Waals surface area contributed by atoms with E-state index in [1.807, 2.05) is 83.2 Å². The molecule has 0 saturated heterocycles. The molecular formula is C47H52N2O6S. The Labute approximate surface area is 332 Å². The fraction of sp³-hybridized carbons (Fsp3) is 0.404. The lowest BCUT2D eigenvalue weighted by molar-refractivity contribution is -0.138. The van der Waals surface area contributed by atoms with Crippen LogP contribution in [-0.2, 0) is 25.3 Å². The van der Waals surface area contributed by atoms with Crippen LogP contribution in [0.15, 0.2) is 119 Å². The van der Waals surface area contributed by atoms with Gasteiger partial charge in [-0.05, 0) is 90.5 Å². The highest BCUT2D eigenvalue weighted by Gasteiger charge is 2.56. The summed E-state index contributed by atoms with van der Waals surface area (Å²) in [7, 11) is -4.02. The number of aryl methyl sites for hydroxylation is 1. The van der Waals surface area contributed by atoms with Crippen LogP contribution in [0.25, 0.3) is 15.3 Å². The van der Waals surface area contributed by atoms with E-state index in [1.54, 1.807) is 12.1 Å². The van der Waals surface area contributed by atoms with Gasteiger partial charge in [0, 0.05) is 10.8 Å². The van der Waals surface area contributed by atoms with Gasteiger partial charge >= 0.3 is 0 Å². The fourth-order valence-electron chi connectivity index (χ4n) is 9.77. The normalized spacial score (nSPS) is 28.7. The number of aliphatic hydroxyl groups is 1. The number of ketones is 2. The molecule has 0 aromatic heterocycles. The third-order valence-electron chi connectivity index (χ3n) is 12.6. The van der Waals surface area contributed by atoms with Crippen LogP contribution in [0.4, 0.5) is 0 Å². The highest BCUT2D eigenvalue weighted by atomic mass is 32.2. The van der Waals surface area contributed by atoms with Crippen molar-refractivity contribution < 1.29 is 27.7 Å². The third kappa shape index (κ3) is 8.27. The SMILES string of the molecule is Cc1ccc(S(=O)(=O)O)cc1.[C-]#[N+]C1=C[C@]2(C)CC(c3ccccc3)=CC[C@H]2C(C)(C)C1=O.[C-]#[N+]C1=C[C@]2(C)C[C@](O)(c3ccccc3)CC[C@H]2C(C)(C)C1=O. The van der Waals surface area contributed by atoms with E-state index in [-0.39, 0.29) is 44.8 Å². The van der Waals surface area contributed by atoms with E-state index in [0.29, 0.717) is 18.5 Å². The van der Waals surface area contributed by atoms with Gasteiger partial charge in [-0.15, -0.1) is 0 Å². The summed E-state index contributed by atoms with van der Waals surface area (Å²) in [4.78, 5) is 32.0. The molecule has 292 valence electrons. The number of fused-ring (bicyclic) bond motifs is 2. The lowest BCUT2D eigenvalue weighted by atomic mass is 9.50. The Kier molecular flexibility index (Phi) is 11.7. The van der Waals surface area contributed by atoms with Crippen molar-refractivity contribution in [3.63, 3.8) is 0 Å². The van der Waals surface area contributed by atoms with E-state index < -0.39 is 26.5 Å². The Morgan fingerprint density at radius 3 is 1.73 bits per heavy atom. The van der Waals surface area contributed by atoms with Gasteiger partial charge in [0.1, 0.15) is 0 Å².